The van der Waals surface area contributed by atoms with Crippen LogP contribution < -0.4 is 4.90 Å². The van der Waals surface area contributed by atoms with Gasteiger partial charge in [-0.1, -0.05) is 61.4 Å². The third-order valence-electron chi connectivity index (χ3n) is 6.52. The number of nitrogens with zero attached hydrogens (tertiary/aromatic N) is 3. The number of thioether (sulfide) groups is 1. The summed E-state index contributed by atoms with van der Waals surface area (Å²) in [6.45, 7) is 1.45. The van der Waals surface area contributed by atoms with E-state index in [1.807, 2.05) is 35.2 Å². The number of alkyl halides is 6. The Morgan fingerprint density at radius 2 is 1.57 bits per heavy atom. The van der Waals surface area contributed by atoms with Crippen molar-refractivity contribution in [1.82, 2.24) is 4.90 Å². The van der Waals surface area contributed by atoms with Gasteiger partial charge in [-0.3, -0.25) is 14.7 Å². The molecule has 0 radical (unpaired) electrons. The smallest absolute Gasteiger partial charge is 0.325 e. The van der Waals surface area contributed by atoms with Crippen molar-refractivity contribution in [1.29, 1.82) is 0 Å². The molecule has 200 valence electrons. The molecule has 4 nitrogen and oxygen atoms in total. The molecule has 1 unspecified atom stereocenters. The Kier molecular flexibility index (Phi) is 8.11. The Labute approximate surface area is 215 Å². The maximum absolute atomic E-state index is 13.6. The molecule has 1 saturated carbocycles. The van der Waals surface area contributed by atoms with Crippen LogP contribution in [0.3, 0.4) is 0 Å². The summed E-state index contributed by atoms with van der Waals surface area (Å²) in [4.78, 5) is 20.6. The lowest BCUT2D eigenvalue weighted by atomic mass is 9.96. The number of carbonyl (C=O) groups excluding carboxylic acids is 1. The average molecular weight is 544 g/mol. The number of anilines is 1. The van der Waals surface area contributed by atoms with Gasteiger partial charge in [-0.15, -0.1) is 0 Å². The molecular formula is C26H27F6N3OS. The van der Waals surface area contributed by atoms with Crippen molar-refractivity contribution in [3.63, 3.8) is 0 Å². The molecule has 4 rings (SSSR count). The zero-order valence-electron chi connectivity index (χ0n) is 20.1. The van der Waals surface area contributed by atoms with Crippen LogP contribution in [0.4, 0.5) is 32.0 Å². The van der Waals surface area contributed by atoms with Crippen LogP contribution in [-0.4, -0.2) is 33.9 Å². The second-order valence-electron chi connectivity index (χ2n) is 9.26. The molecule has 2 aromatic rings. The molecule has 1 atom stereocenters. The van der Waals surface area contributed by atoms with Gasteiger partial charge in [-0.25, -0.2) is 0 Å². The Hall–Kier alpha value is -2.69. The van der Waals surface area contributed by atoms with E-state index in [4.69, 9.17) is 4.99 Å². The van der Waals surface area contributed by atoms with Gasteiger partial charge in [-0.05, 0) is 36.6 Å². The topological polar surface area (TPSA) is 35.9 Å². The second-order valence-corrected chi connectivity index (χ2v) is 10.2. The van der Waals surface area contributed by atoms with Crippen molar-refractivity contribution in [3.8, 4) is 0 Å². The first-order chi connectivity index (χ1) is 17.4. The summed E-state index contributed by atoms with van der Waals surface area (Å²) in [6, 6.07) is 10.7. The van der Waals surface area contributed by atoms with E-state index in [1.54, 1.807) is 0 Å². The largest absolute Gasteiger partial charge is 0.416 e. The summed E-state index contributed by atoms with van der Waals surface area (Å²) in [5, 5.41) is 0.648. The first kappa shape index (κ1) is 27.3. The first-order valence-electron chi connectivity index (χ1n) is 12.0. The summed E-state index contributed by atoms with van der Waals surface area (Å²) < 4.78 is 81.4. The molecule has 1 aliphatic heterocycles. The fourth-order valence-corrected chi connectivity index (χ4v) is 5.94. The van der Waals surface area contributed by atoms with E-state index in [-0.39, 0.29) is 17.9 Å². The molecule has 2 aliphatic rings. The van der Waals surface area contributed by atoms with Gasteiger partial charge in [0.25, 0.3) is 0 Å². The van der Waals surface area contributed by atoms with Crippen molar-refractivity contribution in [2.24, 2.45) is 4.99 Å². The van der Waals surface area contributed by atoms with Crippen molar-refractivity contribution >= 4 is 28.5 Å². The van der Waals surface area contributed by atoms with Gasteiger partial charge in [0.15, 0.2) is 5.17 Å². The number of amides is 1. The van der Waals surface area contributed by atoms with Crippen LogP contribution >= 0.6 is 11.8 Å². The Bertz CT molecular complexity index is 1100. The van der Waals surface area contributed by atoms with Crippen LogP contribution in [0, 0.1) is 0 Å². The van der Waals surface area contributed by atoms with Gasteiger partial charge in [0.1, 0.15) is 6.17 Å². The summed E-state index contributed by atoms with van der Waals surface area (Å²) in [6.07, 6.45) is -5.74. The lowest BCUT2D eigenvalue weighted by Crippen LogP contribution is -2.49. The van der Waals surface area contributed by atoms with E-state index >= 15 is 0 Å². The molecule has 11 heteroatoms. The van der Waals surface area contributed by atoms with E-state index in [0.29, 0.717) is 23.8 Å². The highest BCUT2D eigenvalue weighted by atomic mass is 32.2. The highest BCUT2D eigenvalue weighted by Gasteiger charge is 2.41. The van der Waals surface area contributed by atoms with E-state index < -0.39 is 41.2 Å². The van der Waals surface area contributed by atoms with Gasteiger partial charge in [0.05, 0.1) is 17.2 Å². The number of hydrogen-bond acceptors (Lipinski definition) is 3. The maximum atomic E-state index is 13.6. The van der Waals surface area contributed by atoms with Crippen LogP contribution in [0.15, 0.2) is 53.5 Å². The van der Waals surface area contributed by atoms with Crippen LogP contribution in [0.1, 0.15) is 55.7 Å². The predicted octanol–water partition coefficient (Wildman–Crippen LogP) is 7.34. The summed E-state index contributed by atoms with van der Waals surface area (Å²) >= 11 is 1.37. The standard InChI is InChI=1S/C26H27F6N3OS/c1-17(36)35(22-13-19(25(27,28)29)12-20(14-22)26(30,31)32)23-16-37-24(33-21-10-6-3-7-11-21)34(23)15-18-8-4-2-5-9-18/h2,4-5,8-9,12-14,21,23H,3,6-7,10-11,15-16H2,1H3. The first-order valence-corrected chi connectivity index (χ1v) is 13.0. The quantitative estimate of drug-likeness (QED) is 0.370. The minimum Gasteiger partial charge on any atom is -0.325 e. The summed E-state index contributed by atoms with van der Waals surface area (Å²) in [7, 11) is 0. The molecule has 1 aliphatic carbocycles. The van der Waals surface area contributed by atoms with Gasteiger partial charge >= 0.3 is 12.4 Å². The summed E-state index contributed by atoms with van der Waals surface area (Å²) in [5.74, 6) is -0.398. The lowest BCUT2D eigenvalue weighted by molar-refractivity contribution is -0.143. The van der Waals surface area contributed by atoms with E-state index in [1.165, 1.54) is 11.8 Å². The lowest BCUT2D eigenvalue weighted by Gasteiger charge is -2.36. The zero-order valence-corrected chi connectivity index (χ0v) is 21.0. The fraction of sp³-hybridized carbons (Fsp3) is 0.462. The number of amidine groups is 1. The maximum Gasteiger partial charge on any atom is 0.416 e. The number of aliphatic imine (C=N–C) groups is 1. The third kappa shape index (κ3) is 6.61. The van der Waals surface area contributed by atoms with Crippen LogP contribution in [0.2, 0.25) is 0 Å². The highest BCUT2D eigenvalue weighted by molar-refractivity contribution is 8.14. The normalized spacial score (nSPS) is 20.5. The van der Waals surface area contributed by atoms with E-state index in [9.17, 15) is 31.1 Å². The fourth-order valence-electron chi connectivity index (χ4n) is 4.74. The average Bonchev–Trinajstić information content (AvgIpc) is 3.20. The molecule has 1 saturated heterocycles. The Morgan fingerprint density at radius 1 is 0.973 bits per heavy atom. The molecule has 0 bridgehead atoms. The van der Waals surface area contributed by atoms with Gasteiger partial charge in [0.2, 0.25) is 5.91 Å². The van der Waals surface area contributed by atoms with Crippen LogP contribution in [-0.2, 0) is 23.7 Å². The molecule has 0 N–H and O–H groups in total. The molecule has 2 aromatic carbocycles. The van der Waals surface area contributed by atoms with Gasteiger partial charge in [0, 0.05) is 24.9 Å². The predicted molar refractivity (Wildman–Crippen MR) is 132 cm³/mol. The second kappa shape index (κ2) is 11.0. The van der Waals surface area contributed by atoms with Gasteiger partial charge < -0.3 is 4.90 Å². The van der Waals surface area contributed by atoms with E-state index in [0.717, 1.165) is 49.5 Å². The number of benzene rings is 2. The van der Waals surface area contributed by atoms with Crippen molar-refractivity contribution in [2.45, 2.75) is 70.1 Å². The van der Waals surface area contributed by atoms with Crippen LogP contribution in [0.25, 0.3) is 0 Å². The molecule has 1 amide bonds. The van der Waals surface area contributed by atoms with E-state index in [2.05, 4.69) is 0 Å². The Balaban J connectivity index is 1.77. The monoisotopic (exact) mass is 543 g/mol. The minimum atomic E-state index is -5.01. The molecular weight excluding hydrogens is 516 g/mol. The number of rotatable bonds is 5. The molecule has 0 aromatic heterocycles. The number of carbonyl (C=O) groups is 1. The molecule has 0 spiro atoms. The molecule has 2 fully saturated rings. The van der Waals surface area contributed by atoms with Crippen LogP contribution in [0.5, 0.6) is 0 Å². The highest BCUT2D eigenvalue weighted by Crippen LogP contribution is 2.40. The van der Waals surface area contributed by atoms with Crippen molar-refractivity contribution in [2.75, 3.05) is 10.7 Å². The Morgan fingerprint density at radius 3 is 2.11 bits per heavy atom. The minimum absolute atomic E-state index is 0.0723. The number of halogens is 6. The molecule has 37 heavy (non-hydrogen) atoms. The number of hydrogen-bond donors (Lipinski definition) is 0. The SMILES string of the molecule is CC(=O)N(c1cc(C(F)(F)F)cc(C(F)(F)F)c1)C1CSC(=NC2CCCCC2)N1Cc1ccccc1. The van der Waals surface area contributed by atoms with Crippen molar-refractivity contribution in [3.05, 3.63) is 65.2 Å². The summed E-state index contributed by atoms with van der Waals surface area (Å²) in [5.41, 5.74) is -2.48. The molecule has 1 heterocycles. The third-order valence-corrected chi connectivity index (χ3v) is 7.58. The zero-order chi connectivity index (χ0) is 26.8. The van der Waals surface area contributed by atoms with Gasteiger partial charge in [-0.2, -0.15) is 26.3 Å². The van der Waals surface area contributed by atoms with Crippen molar-refractivity contribution < 1.29 is 31.1 Å².